The zero-order valence-corrected chi connectivity index (χ0v) is 11.5. The average molecular weight is 258 g/mol. The van der Waals surface area contributed by atoms with E-state index in [1.165, 1.54) is 0 Å². The summed E-state index contributed by atoms with van der Waals surface area (Å²) in [7, 11) is 0. The molecule has 0 spiro atoms. The van der Waals surface area contributed by atoms with Crippen LogP contribution in [0.5, 0.6) is 0 Å². The number of ether oxygens (including phenoxy) is 2. The number of rotatable bonds is 7. The van der Waals surface area contributed by atoms with E-state index in [9.17, 15) is 4.79 Å². The summed E-state index contributed by atoms with van der Waals surface area (Å²) in [5.74, 6) is 0.109. The molecule has 5 nitrogen and oxygen atoms in total. The zero-order chi connectivity index (χ0) is 13.6. The minimum Gasteiger partial charge on any atom is -0.379 e. The Morgan fingerprint density at radius 2 is 2.17 bits per heavy atom. The van der Waals surface area contributed by atoms with Crippen LogP contribution in [0.4, 0.5) is 0 Å². The van der Waals surface area contributed by atoms with Gasteiger partial charge in [0.1, 0.15) is 0 Å². The molecule has 18 heavy (non-hydrogen) atoms. The van der Waals surface area contributed by atoms with Gasteiger partial charge in [0.25, 0.3) is 0 Å². The molecule has 1 amide bonds. The minimum atomic E-state index is -0.887. The Kier molecular flexibility index (Phi) is 6.05. The molecule has 0 aromatic heterocycles. The normalized spacial score (nSPS) is 28.6. The van der Waals surface area contributed by atoms with Crippen LogP contribution in [0.25, 0.3) is 0 Å². The van der Waals surface area contributed by atoms with E-state index >= 15 is 0 Å². The lowest BCUT2D eigenvalue weighted by Crippen LogP contribution is -2.56. The highest BCUT2D eigenvalue weighted by Crippen LogP contribution is 2.27. The van der Waals surface area contributed by atoms with Crippen LogP contribution in [0.1, 0.15) is 39.5 Å². The fourth-order valence-corrected chi connectivity index (χ4v) is 2.21. The van der Waals surface area contributed by atoms with Gasteiger partial charge in [0.2, 0.25) is 5.91 Å². The van der Waals surface area contributed by atoms with E-state index in [1.54, 1.807) is 0 Å². The van der Waals surface area contributed by atoms with Gasteiger partial charge in [-0.2, -0.15) is 0 Å². The highest BCUT2D eigenvalue weighted by atomic mass is 16.5. The average Bonchev–Trinajstić information content (AvgIpc) is 2.28. The molecular weight excluding hydrogens is 232 g/mol. The summed E-state index contributed by atoms with van der Waals surface area (Å²) in [6.07, 6.45) is 3.03. The molecule has 0 heterocycles. The van der Waals surface area contributed by atoms with Crippen LogP contribution in [0, 0.1) is 5.92 Å². The topological polar surface area (TPSA) is 87.6 Å². The number of carbonyl (C=O) groups is 1. The van der Waals surface area contributed by atoms with E-state index in [2.05, 4.69) is 13.8 Å². The van der Waals surface area contributed by atoms with Crippen LogP contribution in [0.3, 0.4) is 0 Å². The highest BCUT2D eigenvalue weighted by Gasteiger charge is 2.38. The summed E-state index contributed by atoms with van der Waals surface area (Å²) in [4.78, 5) is 11.3. The third kappa shape index (κ3) is 4.92. The summed E-state index contributed by atoms with van der Waals surface area (Å²) >= 11 is 0. The molecule has 5 heteroatoms. The van der Waals surface area contributed by atoms with Gasteiger partial charge in [-0.05, 0) is 25.2 Å². The Balaban J connectivity index is 2.20. The van der Waals surface area contributed by atoms with Gasteiger partial charge in [0, 0.05) is 13.0 Å². The van der Waals surface area contributed by atoms with Crippen molar-refractivity contribution in [2.75, 3.05) is 19.8 Å². The van der Waals surface area contributed by atoms with Crippen molar-refractivity contribution in [3.63, 3.8) is 0 Å². The number of primary amides is 1. The van der Waals surface area contributed by atoms with Crippen LogP contribution >= 0.6 is 0 Å². The van der Waals surface area contributed by atoms with Crippen molar-refractivity contribution >= 4 is 5.91 Å². The predicted molar refractivity (Wildman–Crippen MR) is 70.0 cm³/mol. The SMILES string of the molecule is CC(C)COCCOC1CCCC(N)(C(N)=O)C1. The Morgan fingerprint density at radius 1 is 1.44 bits per heavy atom. The molecule has 1 rings (SSSR count). The first-order valence-electron chi connectivity index (χ1n) is 6.72. The summed E-state index contributed by atoms with van der Waals surface area (Å²) in [6, 6.07) is 0. The molecule has 0 aromatic carbocycles. The van der Waals surface area contributed by atoms with E-state index in [0.29, 0.717) is 32.0 Å². The molecule has 0 saturated heterocycles. The summed E-state index contributed by atoms with van der Waals surface area (Å²) < 4.78 is 11.1. The molecule has 0 aromatic rings. The van der Waals surface area contributed by atoms with Crippen molar-refractivity contribution in [2.24, 2.45) is 17.4 Å². The molecule has 106 valence electrons. The van der Waals surface area contributed by atoms with Crippen LogP contribution in [0.2, 0.25) is 0 Å². The summed E-state index contributed by atoms with van der Waals surface area (Å²) in [5.41, 5.74) is 10.4. The number of nitrogens with two attached hydrogens (primary N) is 2. The molecule has 0 bridgehead atoms. The second-order valence-electron chi connectivity index (χ2n) is 5.58. The third-order valence-corrected chi connectivity index (χ3v) is 3.26. The lowest BCUT2D eigenvalue weighted by Gasteiger charge is -2.35. The van der Waals surface area contributed by atoms with Crippen molar-refractivity contribution < 1.29 is 14.3 Å². The van der Waals surface area contributed by atoms with Crippen molar-refractivity contribution in [3.05, 3.63) is 0 Å². The van der Waals surface area contributed by atoms with Crippen LogP contribution in [0.15, 0.2) is 0 Å². The van der Waals surface area contributed by atoms with Crippen molar-refractivity contribution in [2.45, 2.75) is 51.2 Å². The van der Waals surface area contributed by atoms with Gasteiger partial charge >= 0.3 is 0 Å². The lowest BCUT2D eigenvalue weighted by molar-refractivity contribution is -0.126. The molecule has 2 unspecified atom stereocenters. The molecule has 1 aliphatic rings. The molecule has 0 radical (unpaired) electrons. The van der Waals surface area contributed by atoms with Gasteiger partial charge in [-0.3, -0.25) is 4.79 Å². The van der Waals surface area contributed by atoms with E-state index in [4.69, 9.17) is 20.9 Å². The van der Waals surface area contributed by atoms with E-state index in [-0.39, 0.29) is 6.10 Å². The second-order valence-corrected chi connectivity index (χ2v) is 5.58. The van der Waals surface area contributed by atoms with Gasteiger partial charge in [-0.25, -0.2) is 0 Å². The minimum absolute atomic E-state index is 0.0268. The molecule has 1 aliphatic carbocycles. The van der Waals surface area contributed by atoms with E-state index < -0.39 is 11.4 Å². The van der Waals surface area contributed by atoms with Gasteiger partial charge in [0.15, 0.2) is 0 Å². The highest BCUT2D eigenvalue weighted by molar-refractivity contribution is 5.84. The quantitative estimate of drug-likeness (QED) is 0.661. The van der Waals surface area contributed by atoms with Crippen LogP contribution in [-0.4, -0.2) is 37.4 Å². The molecule has 4 N–H and O–H groups in total. The Morgan fingerprint density at radius 3 is 2.78 bits per heavy atom. The van der Waals surface area contributed by atoms with E-state index in [1.807, 2.05) is 0 Å². The van der Waals surface area contributed by atoms with Crippen molar-refractivity contribution in [3.8, 4) is 0 Å². The van der Waals surface area contributed by atoms with Gasteiger partial charge in [0.05, 0.1) is 24.9 Å². The van der Waals surface area contributed by atoms with Crippen molar-refractivity contribution in [1.29, 1.82) is 0 Å². The Bertz CT molecular complexity index is 271. The fraction of sp³-hybridized carbons (Fsp3) is 0.923. The molecule has 1 fully saturated rings. The maximum absolute atomic E-state index is 11.3. The number of amides is 1. The summed E-state index contributed by atoms with van der Waals surface area (Å²) in [6.45, 7) is 6.10. The molecule has 1 saturated carbocycles. The monoisotopic (exact) mass is 258 g/mol. The molecular formula is C13H26N2O3. The number of hydrogen-bond donors (Lipinski definition) is 2. The van der Waals surface area contributed by atoms with Gasteiger partial charge in [-0.1, -0.05) is 13.8 Å². The maximum atomic E-state index is 11.3. The molecule has 0 aliphatic heterocycles. The maximum Gasteiger partial charge on any atom is 0.237 e. The smallest absolute Gasteiger partial charge is 0.237 e. The Hall–Kier alpha value is -0.650. The van der Waals surface area contributed by atoms with Crippen LogP contribution < -0.4 is 11.5 Å². The fourth-order valence-electron chi connectivity index (χ4n) is 2.21. The molecule has 2 atom stereocenters. The lowest BCUT2D eigenvalue weighted by atomic mass is 9.80. The third-order valence-electron chi connectivity index (χ3n) is 3.26. The predicted octanol–water partition coefficient (Wildman–Crippen LogP) is 0.801. The van der Waals surface area contributed by atoms with Gasteiger partial charge in [-0.15, -0.1) is 0 Å². The number of hydrogen-bond acceptors (Lipinski definition) is 4. The Labute approximate surface area is 109 Å². The second kappa shape index (κ2) is 7.07. The standard InChI is InChI=1S/C13H26N2O3/c1-10(2)9-17-6-7-18-11-4-3-5-13(15,8-11)12(14)16/h10-11H,3-9,15H2,1-2H3,(H2,14,16). The first-order valence-corrected chi connectivity index (χ1v) is 6.72. The van der Waals surface area contributed by atoms with Crippen LogP contribution in [-0.2, 0) is 14.3 Å². The first kappa shape index (κ1) is 15.4. The van der Waals surface area contributed by atoms with Gasteiger partial charge < -0.3 is 20.9 Å². The van der Waals surface area contributed by atoms with E-state index in [0.717, 1.165) is 19.4 Å². The number of carbonyl (C=O) groups excluding carboxylic acids is 1. The zero-order valence-electron chi connectivity index (χ0n) is 11.5. The first-order chi connectivity index (χ1) is 8.44. The summed E-state index contributed by atoms with van der Waals surface area (Å²) in [5, 5.41) is 0. The largest absolute Gasteiger partial charge is 0.379 e. The van der Waals surface area contributed by atoms with Crippen molar-refractivity contribution in [1.82, 2.24) is 0 Å².